The molecule has 1 heterocycles. The van der Waals surface area contributed by atoms with Crippen molar-refractivity contribution in [3.8, 4) is 0 Å². The van der Waals surface area contributed by atoms with E-state index in [9.17, 15) is 14.4 Å². The molecule has 4 amide bonds. The molecule has 0 aliphatic carbocycles. The SMILES string of the molecule is CC(C)CC1NC(=O)N(CC(=O)NC(C)c2ccccc2)C1=O. The molecular formula is C17H23N3O3. The molecule has 0 radical (unpaired) electrons. The van der Waals surface area contributed by atoms with Crippen molar-refractivity contribution < 1.29 is 14.4 Å². The lowest BCUT2D eigenvalue weighted by Crippen LogP contribution is -2.41. The molecule has 0 saturated carbocycles. The Kier molecular flexibility index (Phi) is 5.36. The number of urea groups is 1. The minimum Gasteiger partial charge on any atom is -0.348 e. The van der Waals surface area contributed by atoms with Gasteiger partial charge in [0.2, 0.25) is 5.91 Å². The number of rotatable bonds is 6. The second kappa shape index (κ2) is 7.26. The molecule has 1 aromatic carbocycles. The van der Waals surface area contributed by atoms with Crippen molar-refractivity contribution in [3.05, 3.63) is 35.9 Å². The standard InChI is InChI=1S/C17H23N3O3/c1-11(2)9-14-16(22)20(17(23)19-14)10-15(21)18-12(3)13-7-5-4-6-8-13/h4-8,11-12,14H,9-10H2,1-3H3,(H,18,21)(H,19,23). The number of benzene rings is 1. The van der Waals surface area contributed by atoms with Crippen molar-refractivity contribution in [2.24, 2.45) is 5.92 Å². The predicted octanol–water partition coefficient (Wildman–Crippen LogP) is 1.83. The summed E-state index contributed by atoms with van der Waals surface area (Å²) in [6.07, 6.45) is 0.573. The van der Waals surface area contributed by atoms with Crippen LogP contribution in [-0.2, 0) is 9.59 Å². The van der Waals surface area contributed by atoms with Crippen molar-refractivity contribution >= 4 is 17.8 Å². The van der Waals surface area contributed by atoms with Crippen LogP contribution < -0.4 is 10.6 Å². The third kappa shape index (κ3) is 4.31. The average molecular weight is 317 g/mol. The maximum atomic E-state index is 12.2. The molecule has 1 aromatic rings. The Morgan fingerprint density at radius 1 is 1.22 bits per heavy atom. The monoisotopic (exact) mass is 317 g/mol. The van der Waals surface area contributed by atoms with E-state index in [-0.39, 0.29) is 30.3 Å². The smallest absolute Gasteiger partial charge is 0.325 e. The number of amides is 4. The third-order valence-electron chi connectivity index (χ3n) is 3.79. The summed E-state index contributed by atoms with van der Waals surface area (Å²) < 4.78 is 0. The second-order valence-corrected chi connectivity index (χ2v) is 6.26. The van der Waals surface area contributed by atoms with Gasteiger partial charge in [0.15, 0.2) is 0 Å². The van der Waals surface area contributed by atoms with E-state index in [0.717, 1.165) is 10.5 Å². The first-order valence-corrected chi connectivity index (χ1v) is 7.84. The van der Waals surface area contributed by atoms with Crippen molar-refractivity contribution in [2.75, 3.05) is 6.54 Å². The average Bonchev–Trinajstić information content (AvgIpc) is 2.75. The van der Waals surface area contributed by atoms with Gasteiger partial charge in [0.05, 0.1) is 6.04 Å². The fraction of sp³-hybridized carbons (Fsp3) is 0.471. The highest BCUT2D eigenvalue weighted by atomic mass is 16.2. The van der Waals surface area contributed by atoms with Crippen LogP contribution >= 0.6 is 0 Å². The van der Waals surface area contributed by atoms with Crippen LogP contribution in [0.2, 0.25) is 0 Å². The van der Waals surface area contributed by atoms with Crippen molar-refractivity contribution in [1.82, 2.24) is 15.5 Å². The number of nitrogens with one attached hydrogen (secondary N) is 2. The number of hydrogen-bond donors (Lipinski definition) is 2. The molecule has 1 aliphatic heterocycles. The van der Waals surface area contributed by atoms with E-state index in [4.69, 9.17) is 0 Å². The van der Waals surface area contributed by atoms with Crippen LogP contribution in [-0.4, -0.2) is 35.3 Å². The van der Waals surface area contributed by atoms with Crippen LogP contribution in [0.3, 0.4) is 0 Å². The van der Waals surface area contributed by atoms with Gasteiger partial charge >= 0.3 is 6.03 Å². The molecule has 2 N–H and O–H groups in total. The van der Waals surface area contributed by atoms with Gasteiger partial charge in [-0.2, -0.15) is 0 Å². The van der Waals surface area contributed by atoms with Gasteiger partial charge in [-0.25, -0.2) is 4.79 Å². The Labute approximate surface area is 136 Å². The Balaban J connectivity index is 1.92. The molecule has 6 nitrogen and oxygen atoms in total. The lowest BCUT2D eigenvalue weighted by molar-refractivity contribution is -0.132. The number of imide groups is 1. The molecule has 2 rings (SSSR count). The van der Waals surface area contributed by atoms with Crippen LogP contribution in [0, 0.1) is 5.92 Å². The lowest BCUT2D eigenvalue weighted by atomic mass is 10.0. The zero-order valence-corrected chi connectivity index (χ0v) is 13.7. The molecule has 2 unspecified atom stereocenters. The molecule has 1 fully saturated rings. The fourth-order valence-electron chi connectivity index (χ4n) is 2.61. The van der Waals surface area contributed by atoms with E-state index >= 15 is 0 Å². The summed E-state index contributed by atoms with van der Waals surface area (Å²) in [5, 5.41) is 5.44. The van der Waals surface area contributed by atoms with Crippen LogP contribution in [0.15, 0.2) is 30.3 Å². The van der Waals surface area contributed by atoms with E-state index in [1.54, 1.807) is 0 Å². The van der Waals surface area contributed by atoms with Crippen molar-refractivity contribution in [1.29, 1.82) is 0 Å². The Morgan fingerprint density at radius 3 is 2.48 bits per heavy atom. The predicted molar refractivity (Wildman–Crippen MR) is 86.5 cm³/mol. The highest BCUT2D eigenvalue weighted by Gasteiger charge is 2.39. The van der Waals surface area contributed by atoms with Crippen molar-refractivity contribution in [2.45, 2.75) is 39.3 Å². The Hall–Kier alpha value is -2.37. The van der Waals surface area contributed by atoms with Gasteiger partial charge in [-0.15, -0.1) is 0 Å². The van der Waals surface area contributed by atoms with Gasteiger partial charge in [-0.05, 0) is 24.8 Å². The maximum absolute atomic E-state index is 12.2. The first-order chi connectivity index (χ1) is 10.9. The van der Waals surface area contributed by atoms with Crippen molar-refractivity contribution in [3.63, 3.8) is 0 Å². The lowest BCUT2D eigenvalue weighted by Gasteiger charge is -2.17. The summed E-state index contributed by atoms with van der Waals surface area (Å²) in [6, 6.07) is 8.31. The number of carbonyl (C=O) groups excluding carboxylic acids is 3. The molecule has 6 heteroatoms. The minimum absolute atomic E-state index is 0.184. The topological polar surface area (TPSA) is 78.5 Å². The highest BCUT2D eigenvalue weighted by molar-refractivity contribution is 6.06. The van der Waals surface area contributed by atoms with Gasteiger partial charge in [0, 0.05) is 0 Å². The van der Waals surface area contributed by atoms with Crippen LogP contribution in [0.4, 0.5) is 4.79 Å². The molecule has 2 atom stereocenters. The normalized spacial score (nSPS) is 19.0. The second-order valence-electron chi connectivity index (χ2n) is 6.26. The minimum atomic E-state index is -0.526. The van der Waals surface area contributed by atoms with E-state index in [0.29, 0.717) is 6.42 Å². The van der Waals surface area contributed by atoms with Gasteiger partial charge in [0.25, 0.3) is 5.91 Å². The molecule has 124 valence electrons. The first kappa shape index (κ1) is 17.0. The summed E-state index contributed by atoms with van der Waals surface area (Å²) in [5.74, 6) is -0.391. The zero-order chi connectivity index (χ0) is 17.0. The Morgan fingerprint density at radius 2 is 1.87 bits per heavy atom. The fourth-order valence-corrected chi connectivity index (χ4v) is 2.61. The largest absolute Gasteiger partial charge is 0.348 e. The van der Waals surface area contributed by atoms with Gasteiger partial charge in [-0.1, -0.05) is 44.2 Å². The summed E-state index contributed by atoms with van der Waals surface area (Å²) >= 11 is 0. The summed E-state index contributed by atoms with van der Waals surface area (Å²) in [4.78, 5) is 37.2. The first-order valence-electron chi connectivity index (χ1n) is 7.84. The maximum Gasteiger partial charge on any atom is 0.325 e. The Bertz CT molecular complexity index is 586. The quantitative estimate of drug-likeness (QED) is 0.786. The molecule has 1 saturated heterocycles. The zero-order valence-electron chi connectivity index (χ0n) is 13.7. The summed E-state index contributed by atoms with van der Waals surface area (Å²) in [6.45, 7) is 5.57. The van der Waals surface area contributed by atoms with Crippen LogP contribution in [0.1, 0.15) is 38.8 Å². The van der Waals surface area contributed by atoms with Gasteiger partial charge in [-0.3, -0.25) is 14.5 Å². The highest BCUT2D eigenvalue weighted by Crippen LogP contribution is 2.15. The van der Waals surface area contributed by atoms with E-state index in [2.05, 4.69) is 10.6 Å². The van der Waals surface area contributed by atoms with Gasteiger partial charge < -0.3 is 10.6 Å². The van der Waals surface area contributed by atoms with E-state index < -0.39 is 12.1 Å². The van der Waals surface area contributed by atoms with Crippen LogP contribution in [0.5, 0.6) is 0 Å². The number of hydrogen-bond acceptors (Lipinski definition) is 3. The molecular weight excluding hydrogens is 294 g/mol. The number of carbonyl (C=O) groups is 3. The molecule has 23 heavy (non-hydrogen) atoms. The molecule has 0 bridgehead atoms. The van der Waals surface area contributed by atoms with Crippen LogP contribution in [0.25, 0.3) is 0 Å². The number of nitrogens with zero attached hydrogens (tertiary/aromatic N) is 1. The molecule has 0 aromatic heterocycles. The van der Waals surface area contributed by atoms with E-state index in [1.807, 2.05) is 51.1 Å². The molecule has 1 aliphatic rings. The molecule has 0 spiro atoms. The summed E-state index contributed by atoms with van der Waals surface area (Å²) in [5.41, 5.74) is 0.968. The van der Waals surface area contributed by atoms with E-state index in [1.165, 1.54) is 0 Å². The third-order valence-corrected chi connectivity index (χ3v) is 3.79. The summed E-state index contributed by atoms with van der Waals surface area (Å²) in [7, 11) is 0. The van der Waals surface area contributed by atoms with Gasteiger partial charge in [0.1, 0.15) is 12.6 Å².